The van der Waals surface area contributed by atoms with Gasteiger partial charge in [0.25, 0.3) is 0 Å². The molecule has 0 aliphatic rings. The molecule has 1 heteroatoms. The first-order valence-corrected chi connectivity index (χ1v) is 2.76. The van der Waals surface area contributed by atoms with Crippen LogP contribution in [0.5, 0.6) is 0 Å². The summed E-state index contributed by atoms with van der Waals surface area (Å²) in [5.74, 6) is 0. The van der Waals surface area contributed by atoms with Crippen LogP contribution in [0.2, 0.25) is 0 Å². The van der Waals surface area contributed by atoms with Crippen molar-refractivity contribution in [1.29, 1.82) is 0 Å². The summed E-state index contributed by atoms with van der Waals surface area (Å²) in [6, 6.07) is 10.2. The van der Waals surface area contributed by atoms with Crippen LogP contribution in [0.15, 0.2) is 30.3 Å². The van der Waals surface area contributed by atoms with Crippen molar-refractivity contribution in [2.24, 2.45) is 0 Å². The summed E-state index contributed by atoms with van der Waals surface area (Å²) < 4.78 is 0. The van der Waals surface area contributed by atoms with Crippen molar-refractivity contribution in [3.8, 4) is 0 Å². The summed E-state index contributed by atoms with van der Waals surface area (Å²) in [4.78, 5) is 0. The zero-order valence-electron chi connectivity index (χ0n) is 6.10. The Kier molecular flexibility index (Phi) is 8.51. The minimum Gasteiger partial charge on any atom is -0.358 e. The normalized spacial score (nSPS) is 7.30. The van der Waals surface area contributed by atoms with Gasteiger partial charge in [-0.3, -0.25) is 0 Å². The van der Waals surface area contributed by atoms with E-state index in [0.717, 1.165) is 6.42 Å². The Labute approximate surface area is 74.1 Å². The van der Waals surface area contributed by atoms with E-state index in [0.29, 0.717) is 0 Å². The average molecular weight is 184 g/mol. The van der Waals surface area contributed by atoms with Gasteiger partial charge >= 0.3 is 17.1 Å². The van der Waals surface area contributed by atoms with E-state index in [1.54, 1.807) is 0 Å². The molecule has 1 aromatic carbocycles. The van der Waals surface area contributed by atoms with Crippen LogP contribution in [-0.2, 0) is 23.5 Å². The second kappa shape index (κ2) is 6.85. The third kappa shape index (κ3) is 3.71. The molecule has 0 bridgehead atoms. The first kappa shape index (κ1) is 12.4. The molecule has 0 aliphatic carbocycles. The molecule has 0 spiro atoms. The Hall–Kier alpha value is -0.261. The van der Waals surface area contributed by atoms with Crippen molar-refractivity contribution < 1.29 is 17.1 Å². The molecule has 0 N–H and O–H groups in total. The maximum Gasteiger partial charge on any atom is 2.00 e. The Bertz CT molecular complexity index is 146. The zero-order valence-corrected chi connectivity index (χ0v) is 7.04. The quantitative estimate of drug-likeness (QED) is 0.464. The predicted molar refractivity (Wildman–Crippen MR) is 41.9 cm³/mol. The third-order valence-corrected chi connectivity index (χ3v) is 1.13. The fourth-order valence-corrected chi connectivity index (χ4v) is 0.645. The van der Waals surface area contributed by atoms with Crippen LogP contribution in [0, 0.1) is 14.4 Å². The molecule has 59 valence electrons. The van der Waals surface area contributed by atoms with Crippen molar-refractivity contribution in [3.63, 3.8) is 0 Å². The molecule has 1 rings (SSSR count). The van der Waals surface area contributed by atoms with Gasteiger partial charge in [-0.15, -0.1) is 0 Å². The molecule has 10 heavy (non-hydrogen) atoms. The largest absolute Gasteiger partial charge is 2.00 e. The summed E-state index contributed by atoms with van der Waals surface area (Å²) in [7, 11) is 0. The Morgan fingerprint density at radius 1 is 1.10 bits per heavy atom. The molecule has 0 nitrogen and oxygen atoms in total. The molecule has 0 amide bonds. The van der Waals surface area contributed by atoms with Crippen molar-refractivity contribution in [3.05, 3.63) is 50.2 Å². The number of hydrogen-bond acceptors (Lipinski definition) is 0. The standard InChI is InChI=1S/C8H9.CH3.Cu/c1-2-8-6-4-3-5-7-8;;/h3-7H,1-2H2;1H3;/q2*-1;+2. The second-order valence-corrected chi connectivity index (χ2v) is 1.74. The summed E-state index contributed by atoms with van der Waals surface area (Å²) in [6.07, 6.45) is 0.890. The van der Waals surface area contributed by atoms with Gasteiger partial charge in [-0.1, -0.05) is 35.9 Å². The van der Waals surface area contributed by atoms with E-state index in [2.05, 4.69) is 19.1 Å². The van der Waals surface area contributed by atoms with Crippen molar-refractivity contribution >= 4 is 0 Å². The van der Waals surface area contributed by atoms with Gasteiger partial charge in [0.15, 0.2) is 0 Å². The Morgan fingerprint density at radius 3 is 1.90 bits per heavy atom. The second-order valence-electron chi connectivity index (χ2n) is 1.74. The van der Waals surface area contributed by atoms with Crippen LogP contribution in [0.3, 0.4) is 0 Å². The van der Waals surface area contributed by atoms with Gasteiger partial charge < -0.3 is 14.4 Å². The van der Waals surface area contributed by atoms with Gasteiger partial charge in [-0.2, -0.15) is 6.42 Å². The maximum absolute atomic E-state index is 3.76. The summed E-state index contributed by atoms with van der Waals surface area (Å²) in [5.41, 5.74) is 1.30. The summed E-state index contributed by atoms with van der Waals surface area (Å²) >= 11 is 0. The number of benzene rings is 1. The van der Waals surface area contributed by atoms with E-state index in [1.807, 2.05) is 18.2 Å². The van der Waals surface area contributed by atoms with Crippen LogP contribution in [0.1, 0.15) is 5.56 Å². The molecule has 0 atom stereocenters. The van der Waals surface area contributed by atoms with Crippen LogP contribution >= 0.6 is 0 Å². The molecular formula is C9H12Cu. The van der Waals surface area contributed by atoms with Crippen LogP contribution in [-0.4, -0.2) is 0 Å². The molecule has 1 radical (unpaired) electrons. The first-order valence-electron chi connectivity index (χ1n) is 2.76. The van der Waals surface area contributed by atoms with Gasteiger partial charge in [0, 0.05) is 0 Å². The number of hydrogen-bond donors (Lipinski definition) is 0. The van der Waals surface area contributed by atoms with E-state index >= 15 is 0 Å². The summed E-state index contributed by atoms with van der Waals surface area (Å²) in [6.45, 7) is 3.76. The predicted octanol–water partition coefficient (Wildman–Crippen LogP) is 2.51. The molecule has 0 aromatic heterocycles. The first-order chi connectivity index (χ1) is 3.93. The molecule has 0 saturated carbocycles. The van der Waals surface area contributed by atoms with Gasteiger partial charge in [0.05, 0.1) is 0 Å². The minimum atomic E-state index is 0. The van der Waals surface area contributed by atoms with E-state index in [9.17, 15) is 0 Å². The molecule has 0 fully saturated rings. The molecule has 0 unspecified atom stereocenters. The van der Waals surface area contributed by atoms with E-state index in [-0.39, 0.29) is 24.5 Å². The number of rotatable bonds is 1. The fourth-order valence-electron chi connectivity index (χ4n) is 0.645. The van der Waals surface area contributed by atoms with Crippen LogP contribution in [0.25, 0.3) is 0 Å². The van der Waals surface area contributed by atoms with Crippen molar-refractivity contribution in [2.45, 2.75) is 6.42 Å². The van der Waals surface area contributed by atoms with Crippen molar-refractivity contribution in [1.82, 2.24) is 0 Å². The van der Waals surface area contributed by atoms with E-state index in [4.69, 9.17) is 0 Å². The third-order valence-electron chi connectivity index (χ3n) is 1.13. The van der Waals surface area contributed by atoms with Crippen LogP contribution in [0.4, 0.5) is 0 Å². The zero-order chi connectivity index (χ0) is 5.82. The van der Waals surface area contributed by atoms with Gasteiger partial charge in [0.2, 0.25) is 0 Å². The Balaban J connectivity index is 0. The van der Waals surface area contributed by atoms with Crippen LogP contribution < -0.4 is 0 Å². The van der Waals surface area contributed by atoms with E-state index < -0.39 is 0 Å². The molecular weight excluding hydrogens is 172 g/mol. The molecule has 1 aromatic rings. The fraction of sp³-hybridized carbons (Fsp3) is 0.111. The van der Waals surface area contributed by atoms with Gasteiger partial charge in [0.1, 0.15) is 0 Å². The maximum atomic E-state index is 3.76. The van der Waals surface area contributed by atoms with Gasteiger partial charge in [-0.25, -0.2) is 0 Å². The van der Waals surface area contributed by atoms with Gasteiger partial charge in [-0.05, 0) is 0 Å². The topological polar surface area (TPSA) is 0 Å². The molecule has 0 heterocycles. The molecule has 0 saturated heterocycles. The Morgan fingerprint density at radius 2 is 1.60 bits per heavy atom. The minimum absolute atomic E-state index is 0. The SMILES string of the molecule is [CH2-]Cc1ccccc1.[CH3-].[Cu+2]. The average Bonchev–Trinajstić information content (AvgIpc) is 1.90. The smallest absolute Gasteiger partial charge is 0.358 e. The monoisotopic (exact) mass is 183 g/mol. The molecule has 0 aliphatic heterocycles. The van der Waals surface area contributed by atoms with E-state index in [1.165, 1.54) is 5.56 Å². The summed E-state index contributed by atoms with van der Waals surface area (Å²) in [5, 5.41) is 0. The van der Waals surface area contributed by atoms with Crippen molar-refractivity contribution in [2.75, 3.05) is 0 Å².